The van der Waals surface area contributed by atoms with Crippen molar-refractivity contribution in [2.24, 2.45) is 0 Å². The third-order valence-electron chi connectivity index (χ3n) is 5.27. The molecule has 2 aromatic carbocycles. The lowest BCUT2D eigenvalue weighted by Gasteiger charge is -2.30. The lowest BCUT2D eigenvalue weighted by Crippen LogP contribution is -2.44. The summed E-state index contributed by atoms with van der Waals surface area (Å²) in [6.45, 7) is 0. The second kappa shape index (κ2) is 9.50. The average Bonchev–Trinajstić information content (AvgIpc) is 2.80. The van der Waals surface area contributed by atoms with Crippen molar-refractivity contribution < 1.29 is 53.5 Å². The minimum absolute atomic E-state index is 0.0246. The van der Waals surface area contributed by atoms with Gasteiger partial charge in [0.05, 0.1) is 0 Å². The van der Waals surface area contributed by atoms with E-state index < -0.39 is 93.2 Å². The molecule has 0 unspecified atom stereocenters. The van der Waals surface area contributed by atoms with Crippen molar-refractivity contribution in [3.63, 3.8) is 0 Å². The quantitative estimate of drug-likeness (QED) is 0.367. The molecular formula is C20H12F10N2O2. The summed E-state index contributed by atoms with van der Waals surface area (Å²) in [5, 5.41) is 4.17. The molecule has 0 aliphatic heterocycles. The van der Waals surface area contributed by atoms with Gasteiger partial charge < -0.3 is 10.6 Å². The van der Waals surface area contributed by atoms with Gasteiger partial charge in [-0.3, -0.25) is 9.59 Å². The van der Waals surface area contributed by atoms with Gasteiger partial charge in [-0.1, -0.05) is 0 Å². The molecule has 4 nitrogen and oxygen atoms in total. The van der Waals surface area contributed by atoms with Crippen molar-refractivity contribution in [3.8, 4) is 0 Å². The first-order valence-corrected chi connectivity index (χ1v) is 9.51. The number of carbonyl (C=O) groups is 2. The maximum Gasteiger partial charge on any atom is 0.257 e. The second-order valence-electron chi connectivity index (χ2n) is 7.39. The topological polar surface area (TPSA) is 58.2 Å². The zero-order valence-corrected chi connectivity index (χ0v) is 16.6. The highest BCUT2D eigenvalue weighted by atomic mass is 19.2. The predicted molar refractivity (Wildman–Crippen MR) is 93.4 cm³/mol. The van der Waals surface area contributed by atoms with Crippen LogP contribution in [0.3, 0.4) is 0 Å². The fraction of sp³-hybridized carbons (Fsp3) is 0.300. The Kier molecular flexibility index (Phi) is 7.07. The van der Waals surface area contributed by atoms with Gasteiger partial charge in [-0.25, -0.2) is 43.9 Å². The summed E-state index contributed by atoms with van der Waals surface area (Å²) in [4.78, 5) is 24.2. The van der Waals surface area contributed by atoms with Crippen molar-refractivity contribution >= 4 is 11.8 Å². The van der Waals surface area contributed by atoms with Crippen LogP contribution in [0.4, 0.5) is 43.9 Å². The van der Waals surface area contributed by atoms with Crippen LogP contribution in [0.15, 0.2) is 0 Å². The van der Waals surface area contributed by atoms with Crippen LogP contribution in [0.2, 0.25) is 0 Å². The molecule has 1 aliphatic rings. The van der Waals surface area contributed by atoms with E-state index >= 15 is 0 Å². The lowest BCUT2D eigenvalue weighted by atomic mass is 9.90. The van der Waals surface area contributed by atoms with E-state index in [1.54, 1.807) is 0 Å². The Labute approximate surface area is 183 Å². The molecule has 34 heavy (non-hydrogen) atoms. The summed E-state index contributed by atoms with van der Waals surface area (Å²) < 4.78 is 134. The van der Waals surface area contributed by atoms with E-state index in [9.17, 15) is 53.5 Å². The smallest absolute Gasteiger partial charge is 0.257 e. The fourth-order valence-electron chi connectivity index (χ4n) is 3.51. The third-order valence-corrected chi connectivity index (χ3v) is 5.27. The van der Waals surface area contributed by atoms with E-state index in [0.717, 1.165) is 0 Å². The van der Waals surface area contributed by atoms with Crippen LogP contribution in [0, 0.1) is 58.2 Å². The Bertz CT molecular complexity index is 1030. The monoisotopic (exact) mass is 502 g/mol. The van der Waals surface area contributed by atoms with Crippen molar-refractivity contribution in [1.29, 1.82) is 0 Å². The molecule has 0 bridgehead atoms. The van der Waals surface area contributed by atoms with Gasteiger partial charge in [0.15, 0.2) is 46.5 Å². The van der Waals surface area contributed by atoms with Crippen LogP contribution in [0.5, 0.6) is 0 Å². The summed E-state index contributed by atoms with van der Waals surface area (Å²) in [5.74, 6) is -26.5. The predicted octanol–water partition coefficient (Wildman–Crippen LogP) is 4.55. The number of benzene rings is 2. The highest BCUT2D eigenvalue weighted by Gasteiger charge is 2.33. The van der Waals surface area contributed by atoms with Gasteiger partial charge in [0.25, 0.3) is 11.8 Å². The van der Waals surface area contributed by atoms with Crippen LogP contribution in [-0.2, 0) is 0 Å². The summed E-state index contributed by atoms with van der Waals surface area (Å²) >= 11 is 0. The van der Waals surface area contributed by atoms with Gasteiger partial charge in [0, 0.05) is 12.1 Å². The van der Waals surface area contributed by atoms with E-state index in [-0.39, 0.29) is 25.7 Å². The number of halogens is 10. The first-order valence-electron chi connectivity index (χ1n) is 9.51. The molecule has 0 aromatic heterocycles. The minimum Gasteiger partial charge on any atom is -0.349 e. The Morgan fingerprint density at radius 1 is 0.441 bits per heavy atom. The lowest BCUT2D eigenvalue weighted by molar-refractivity contribution is 0.0879. The molecule has 2 aromatic rings. The summed E-state index contributed by atoms with van der Waals surface area (Å²) in [6, 6.07) is -1.69. The first-order chi connectivity index (χ1) is 15.9. The van der Waals surface area contributed by atoms with Crippen LogP contribution in [0.25, 0.3) is 0 Å². The molecule has 14 heteroatoms. The maximum absolute atomic E-state index is 13.8. The molecule has 2 N–H and O–H groups in total. The van der Waals surface area contributed by atoms with Crippen LogP contribution in [0.1, 0.15) is 46.4 Å². The molecule has 0 saturated heterocycles. The van der Waals surface area contributed by atoms with Crippen LogP contribution >= 0.6 is 0 Å². The molecule has 0 radical (unpaired) electrons. The number of carbonyl (C=O) groups excluding carboxylic acids is 2. The molecule has 2 amide bonds. The van der Waals surface area contributed by atoms with Gasteiger partial charge in [0.2, 0.25) is 11.6 Å². The summed E-state index contributed by atoms with van der Waals surface area (Å²) in [5.41, 5.74) is -3.36. The molecule has 3 rings (SSSR count). The van der Waals surface area contributed by atoms with E-state index in [0.29, 0.717) is 0 Å². The third kappa shape index (κ3) is 4.40. The van der Waals surface area contributed by atoms with Gasteiger partial charge in [0.1, 0.15) is 11.1 Å². The second-order valence-corrected chi connectivity index (χ2v) is 7.39. The fourth-order valence-corrected chi connectivity index (χ4v) is 3.51. The number of amides is 2. The Morgan fingerprint density at radius 2 is 0.647 bits per heavy atom. The summed E-state index contributed by atoms with van der Waals surface area (Å²) in [6.07, 6.45) is -0.0985. The van der Waals surface area contributed by atoms with E-state index in [1.807, 2.05) is 0 Å². The molecule has 1 saturated carbocycles. The van der Waals surface area contributed by atoms with Gasteiger partial charge in [-0.05, 0) is 25.7 Å². The van der Waals surface area contributed by atoms with Crippen molar-refractivity contribution in [2.45, 2.75) is 37.8 Å². The molecular weight excluding hydrogens is 490 g/mol. The van der Waals surface area contributed by atoms with E-state index in [1.165, 1.54) is 0 Å². The highest BCUT2D eigenvalue weighted by Crippen LogP contribution is 2.26. The molecule has 0 heterocycles. The number of rotatable bonds is 4. The van der Waals surface area contributed by atoms with E-state index in [4.69, 9.17) is 0 Å². The number of hydrogen-bond acceptors (Lipinski definition) is 2. The highest BCUT2D eigenvalue weighted by molar-refractivity contribution is 5.95. The molecule has 0 atom stereocenters. The molecule has 1 fully saturated rings. The van der Waals surface area contributed by atoms with Gasteiger partial charge in [-0.2, -0.15) is 0 Å². The van der Waals surface area contributed by atoms with Gasteiger partial charge in [-0.15, -0.1) is 0 Å². The Morgan fingerprint density at radius 3 is 0.882 bits per heavy atom. The minimum atomic E-state index is -2.43. The van der Waals surface area contributed by atoms with E-state index in [2.05, 4.69) is 10.6 Å². The van der Waals surface area contributed by atoms with Crippen LogP contribution in [-0.4, -0.2) is 23.9 Å². The molecule has 184 valence electrons. The molecule has 1 aliphatic carbocycles. The zero-order valence-electron chi connectivity index (χ0n) is 16.6. The van der Waals surface area contributed by atoms with Crippen molar-refractivity contribution in [3.05, 3.63) is 69.3 Å². The normalized spacial score (nSPS) is 18.1. The van der Waals surface area contributed by atoms with Gasteiger partial charge >= 0.3 is 0 Å². The van der Waals surface area contributed by atoms with Crippen molar-refractivity contribution in [1.82, 2.24) is 10.6 Å². The average molecular weight is 502 g/mol. The SMILES string of the molecule is O=C(NC1CCC(NC(=O)c2c(F)c(F)c(F)c(F)c2F)CC1)c1c(F)c(F)c(F)c(F)c1F. The zero-order chi connectivity index (χ0) is 25.5. The van der Waals surface area contributed by atoms with Crippen LogP contribution < -0.4 is 10.6 Å². The first kappa shape index (κ1) is 25.3. The summed E-state index contributed by atoms with van der Waals surface area (Å²) in [7, 11) is 0. The number of hydrogen-bond donors (Lipinski definition) is 2. The Hall–Kier alpha value is -3.32. The number of nitrogens with one attached hydrogen (secondary N) is 2. The maximum atomic E-state index is 13.8. The Balaban J connectivity index is 1.65. The standard InChI is InChI=1S/C20H12F10N2O2/c21-9-7(10(22)14(26)17(29)13(9)25)19(33)31-5-1-2-6(4-3-5)32-20(34)8-11(23)15(27)18(30)16(28)12(8)24/h5-6H,1-4H2,(H,31,33)(H,32,34). The van der Waals surface area contributed by atoms with Crippen molar-refractivity contribution in [2.75, 3.05) is 0 Å². The largest absolute Gasteiger partial charge is 0.349 e. The molecule has 0 spiro atoms.